The summed E-state index contributed by atoms with van der Waals surface area (Å²) in [6.07, 6.45) is 0. The van der Waals surface area contributed by atoms with Crippen LogP contribution < -0.4 is 10.1 Å². The molecule has 104 valence electrons. The smallest absolute Gasteiger partial charge is 0.251 e. The molecule has 0 bridgehead atoms. The zero-order chi connectivity index (χ0) is 14.5. The maximum Gasteiger partial charge on any atom is 0.251 e. The number of para-hydroxylation sites is 1. The van der Waals surface area contributed by atoms with Crippen molar-refractivity contribution in [3.8, 4) is 11.5 Å². The van der Waals surface area contributed by atoms with E-state index in [4.69, 9.17) is 4.74 Å². The number of nitrogens with one attached hydrogen (secondary N) is 1. The number of hydrogen-bond donors (Lipinski definition) is 2. The predicted molar refractivity (Wildman–Crippen MR) is 77.0 cm³/mol. The van der Waals surface area contributed by atoms with Crippen LogP contribution in [0.25, 0.3) is 0 Å². The van der Waals surface area contributed by atoms with Crippen LogP contribution in [0.2, 0.25) is 0 Å². The summed E-state index contributed by atoms with van der Waals surface area (Å²) in [5.74, 6) is 0.689. The highest BCUT2D eigenvalue weighted by molar-refractivity contribution is 5.94. The number of methoxy groups -OCH3 is 1. The molecule has 0 spiro atoms. The van der Waals surface area contributed by atoms with Gasteiger partial charge < -0.3 is 15.2 Å². The fourth-order valence-electron chi connectivity index (χ4n) is 1.99. The SMILES string of the molecule is COc1ccccc1[C@H](C)NC(=O)c1ccc(O)cc1. The molecule has 0 aliphatic heterocycles. The number of phenols is 1. The highest BCUT2D eigenvalue weighted by Crippen LogP contribution is 2.24. The lowest BCUT2D eigenvalue weighted by molar-refractivity contribution is 0.0939. The molecule has 4 heteroatoms. The van der Waals surface area contributed by atoms with Gasteiger partial charge in [0.25, 0.3) is 5.91 Å². The number of rotatable bonds is 4. The number of carbonyl (C=O) groups is 1. The van der Waals surface area contributed by atoms with E-state index in [9.17, 15) is 9.90 Å². The van der Waals surface area contributed by atoms with Gasteiger partial charge >= 0.3 is 0 Å². The minimum atomic E-state index is -0.191. The van der Waals surface area contributed by atoms with E-state index in [2.05, 4.69) is 5.32 Å². The fourth-order valence-corrected chi connectivity index (χ4v) is 1.99. The van der Waals surface area contributed by atoms with E-state index >= 15 is 0 Å². The quantitative estimate of drug-likeness (QED) is 0.899. The van der Waals surface area contributed by atoms with Gasteiger partial charge in [-0.15, -0.1) is 0 Å². The lowest BCUT2D eigenvalue weighted by Crippen LogP contribution is -2.26. The third-order valence-corrected chi connectivity index (χ3v) is 3.08. The van der Waals surface area contributed by atoms with E-state index in [1.165, 1.54) is 12.1 Å². The molecule has 0 saturated carbocycles. The summed E-state index contributed by atoms with van der Waals surface area (Å²) in [5, 5.41) is 12.1. The number of ether oxygens (including phenoxy) is 1. The summed E-state index contributed by atoms with van der Waals surface area (Å²) >= 11 is 0. The van der Waals surface area contributed by atoms with Gasteiger partial charge in [-0.2, -0.15) is 0 Å². The fraction of sp³-hybridized carbons (Fsp3) is 0.188. The van der Waals surface area contributed by atoms with Crippen LogP contribution in [0.4, 0.5) is 0 Å². The maximum absolute atomic E-state index is 12.1. The molecule has 1 amide bonds. The number of benzene rings is 2. The molecule has 0 heterocycles. The van der Waals surface area contributed by atoms with Crippen LogP contribution >= 0.6 is 0 Å². The van der Waals surface area contributed by atoms with E-state index in [0.29, 0.717) is 5.56 Å². The monoisotopic (exact) mass is 271 g/mol. The van der Waals surface area contributed by atoms with E-state index in [1.807, 2.05) is 31.2 Å². The van der Waals surface area contributed by atoms with Crippen LogP contribution in [-0.4, -0.2) is 18.1 Å². The first kappa shape index (κ1) is 13.9. The highest BCUT2D eigenvalue weighted by Gasteiger charge is 2.14. The van der Waals surface area contributed by atoms with Crippen molar-refractivity contribution in [2.24, 2.45) is 0 Å². The van der Waals surface area contributed by atoms with Gasteiger partial charge in [-0.25, -0.2) is 0 Å². The lowest BCUT2D eigenvalue weighted by Gasteiger charge is -2.17. The van der Waals surface area contributed by atoms with Crippen LogP contribution in [-0.2, 0) is 0 Å². The first-order chi connectivity index (χ1) is 9.61. The second kappa shape index (κ2) is 6.10. The molecule has 1 atom stereocenters. The zero-order valence-corrected chi connectivity index (χ0v) is 11.5. The highest BCUT2D eigenvalue weighted by atomic mass is 16.5. The largest absolute Gasteiger partial charge is 0.508 e. The van der Waals surface area contributed by atoms with Crippen molar-refractivity contribution in [3.05, 3.63) is 59.7 Å². The summed E-state index contributed by atoms with van der Waals surface area (Å²) in [7, 11) is 1.60. The van der Waals surface area contributed by atoms with Crippen molar-refractivity contribution in [1.82, 2.24) is 5.32 Å². The summed E-state index contributed by atoms with van der Waals surface area (Å²) in [6.45, 7) is 1.90. The molecule has 0 aliphatic rings. The third kappa shape index (κ3) is 3.09. The van der Waals surface area contributed by atoms with Gasteiger partial charge in [0.2, 0.25) is 0 Å². The van der Waals surface area contributed by atoms with Crippen molar-refractivity contribution in [2.75, 3.05) is 7.11 Å². The standard InChI is InChI=1S/C16H17NO3/c1-11(14-5-3-4-6-15(14)20-2)17-16(19)12-7-9-13(18)10-8-12/h3-11,18H,1-2H3,(H,17,19)/t11-/m0/s1. The van der Waals surface area contributed by atoms with E-state index in [-0.39, 0.29) is 17.7 Å². The average molecular weight is 271 g/mol. The first-order valence-electron chi connectivity index (χ1n) is 6.34. The van der Waals surface area contributed by atoms with Crippen molar-refractivity contribution in [2.45, 2.75) is 13.0 Å². The molecule has 20 heavy (non-hydrogen) atoms. The van der Waals surface area contributed by atoms with Gasteiger partial charge in [0.05, 0.1) is 13.2 Å². The van der Waals surface area contributed by atoms with Crippen molar-refractivity contribution in [3.63, 3.8) is 0 Å². The second-order valence-corrected chi connectivity index (χ2v) is 4.48. The van der Waals surface area contributed by atoms with Crippen LogP contribution in [0.1, 0.15) is 28.9 Å². The van der Waals surface area contributed by atoms with E-state index in [0.717, 1.165) is 11.3 Å². The zero-order valence-electron chi connectivity index (χ0n) is 11.5. The Labute approximate surface area is 118 Å². The maximum atomic E-state index is 12.1. The summed E-state index contributed by atoms with van der Waals surface area (Å²) in [5.41, 5.74) is 1.42. The molecule has 2 N–H and O–H groups in total. The normalized spacial score (nSPS) is 11.7. The van der Waals surface area contributed by atoms with Gasteiger partial charge in [-0.1, -0.05) is 18.2 Å². The van der Waals surface area contributed by atoms with Gasteiger partial charge in [-0.3, -0.25) is 4.79 Å². The van der Waals surface area contributed by atoms with E-state index < -0.39 is 0 Å². The Hall–Kier alpha value is -2.49. The number of aromatic hydroxyl groups is 1. The molecule has 2 aromatic rings. The van der Waals surface area contributed by atoms with Gasteiger partial charge in [0, 0.05) is 11.1 Å². The van der Waals surface area contributed by atoms with E-state index in [1.54, 1.807) is 19.2 Å². The molecule has 0 fully saturated rings. The minimum Gasteiger partial charge on any atom is -0.508 e. The Kier molecular flexibility index (Phi) is 4.25. The molecule has 0 unspecified atom stereocenters. The number of amides is 1. The lowest BCUT2D eigenvalue weighted by atomic mass is 10.1. The number of carbonyl (C=O) groups excluding carboxylic acids is 1. The Bertz CT molecular complexity index is 593. The molecular weight excluding hydrogens is 254 g/mol. The summed E-state index contributed by atoms with van der Waals surface area (Å²) in [6, 6.07) is 13.5. The van der Waals surface area contributed by atoms with Crippen molar-refractivity contribution in [1.29, 1.82) is 0 Å². The molecule has 2 aromatic carbocycles. The second-order valence-electron chi connectivity index (χ2n) is 4.48. The van der Waals surface area contributed by atoms with Crippen molar-refractivity contribution >= 4 is 5.91 Å². The van der Waals surface area contributed by atoms with Crippen molar-refractivity contribution < 1.29 is 14.6 Å². The van der Waals surface area contributed by atoms with Gasteiger partial charge in [-0.05, 0) is 37.3 Å². The molecule has 0 aliphatic carbocycles. The van der Waals surface area contributed by atoms with Gasteiger partial charge in [0.1, 0.15) is 11.5 Å². The Morgan fingerprint density at radius 1 is 1.15 bits per heavy atom. The van der Waals surface area contributed by atoms with Crippen LogP contribution in [0, 0.1) is 0 Å². The first-order valence-corrected chi connectivity index (χ1v) is 6.34. The number of hydrogen-bond acceptors (Lipinski definition) is 3. The Morgan fingerprint density at radius 3 is 2.45 bits per heavy atom. The summed E-state index contributed by atoms with van der Waals surface area (Å²) in [4.78, 5) is 12.1. The molecule has 2 rings (SSSR count). The number of phenolic OH excluding ortho intramolecular Hbond substituents is 1. The minimum absolute atomic E-state index is 0.138. The molecular formula is C16H17NO3. The molecule has 4 nitrogen and oxygen atoms in total. The van der Waals surface area contributed by atoms with Crippen LogP contribution in [0.5, 0.6) is 11.5 Å². The third-order valence-electron chi connectivity index (χ3n) is 3.08. The van der Waals surface area contributed by atoms with Crippen LogP contribution in [0.3, 0.4) is 0 Å². The topological polar surface area (TPSA) is 58.6 Å². The van der Waals surface area contributed by atoms with Gasteiger partial charge in [0.15, 0.2) is 0 Å². The molecule has 0 radical (unpaired) electrons. The average Bonchev–Trinajstić information content (AvgIpc) is 2.47. The molecule has 0 aromatic heterocycles. The van der Waals surface area contributed by atoms with Crippen LogP contribution in [0.15, 0.2) is 48.5 Å². The summed E-state index contributed by atoms with van der Waals surface area (Å²) < 4.78 is 5.29. The Balaban J connectivity index is 2.13. The Morgan fingerprint density at radius 2 is 1.80 bits per heavy atom. The predicted octanol–water partition coefficient (Wildman–Crippen LogP) is 2.89. The molecule has 0 saturated heterocycles.